The Morgan fingerprint density at radius 3 is 2.56 bits per heavy atom. The minimum absolute atomic E-state index is 0.258. The molecule has 27 heavy (non-hydrogen) atoms. The molecule has 1 atom stereocenters. The second-order valence-corrected chi connectivity index (χ2v) is 6.95. The summed E-state index contributed by atoms with van der Waals surface area (Å²) in [4.78, 5) is 27.2. The molecule has 0 unspecified atom stereocenters. The molecule has 0 bridgehead atoms. The number of aromatic amines is 1. The Morgan fingerprint density at radius 1 is 1.22 bits per heavy atom. The maximum Gasteiger partial charge on any atom is 0.272 e. The van der Waals surface area contributed by atoms with Crippen molar-refractivity contribution in [3.63, 3.8) is 0 Å². The van der Waals surface area contributed by atoms with Crippen molar-refractivity contribution < 1.29 is 9.53 Å². The van der Waals surface area contributed by atoms with E-state index in [2.05, 4.69) is 34.3 Å². The van der Waals surface area contributed by atoms with E-state index >= 15 is 0 Å². The highest BCUT2D eigenvalue weighted by molar-refractivity contribution is 6.04. The molecule has 1 fully saturated rings. The van der Waals surface area contributed by atoms with Gasteiger partial charge in [0.05, 0.1) is 18.6 Å². The van der Waals surface area contributed by atoms with Gasteiger partial charge in [0, 0.05) is 31.1 Å². The van der Waals surface area contributed by atoms with Crippen molar-refractivity contribution in [1.82, 2.24) is 20.4 Å². The lowest BCUT2D eigenvalue weighted by molar-refractivity contribution is 0.00190. The molecule has 7 heteroatoms. The van der Waals surface area contributed by atoms with E-state index in [1.807, 2.05) is 0 Å². The van der Waals surface area contributed by atoms with Gasteiger partial charge in [0.2, 0.25) is 0 Å². The summed E-state index contributed by atoms with van der Waals surface area (Å²) in [5.41, 5.74) is -0.0270. The summed E-state index contributed by atoms with van der Waals surface area (Å²) >= 11 is 0. The molecule has 146 valence electrons. The van der Waals surface area contributed by atoms with Crippen LogP contribution in [-0.4, -0.2) is 59.9 Å². The molecule has 2 aromatic rings. The number of hydrogen-bond donors (Lipinski definition) is 2. The van der Waals surface area contributed by atoms with Crippen LogP contribution in [0.25, 0.3) is 10.8 Å². The highest BCUT2D eigenvalue weighted by Crippen LogP contribution is 2.20. The fourth-order valence-electron chi connectivity index (χ4n) is 3.90. The minimum atomic E-state index is -0.287. The highest BCUT2D eigenvalue weighted by atomic mass is 16.5. The fraction of sp³-hybridized carbons (Fsp3) is 0.550. The predicted molar refractivity (Wildman–Crippen MR) is 105 cm³/mol. The molecule has 3 rings (SSSR count). The lowest BCUT2D eigenvalue weighted by Gasteiger charge is -2.38. The van der Waals surface area contributed by atoms with Crippen molar-refractivity contribution in [2.24, 2.45) is 5.92 Å². The highest BCUT2D eigenvalue weighted by Gasteiger charge is 2.27. The third-order valence-corrected chi connectivity index (χ3v) is 5.49. The number of aromatic nitrogens is 2. The lowest BCUT2D eigenvalue weighted by atomic mass is 9.92. The quantitative estimate of drug-likeness (QED) is 0.774. The lowest BCUT2D eigenvalue weighted by Crippen LogP contribution is -2.52. The SMILES string of the molecule is CCC(CC)[C@@H](CNC(=O)c1n[nH]c(=O)c2ccccc12)N1CCOCC1. The molecule has 0 aliphatic carbocycles. The van der Waals surface area contributed by atoms with E-state index in [-0.39, 0.29) is 23.2 Å². The van der Waals surface area contributed by atoms with E-state index in [9.17, 15) is 9.59 Å². The van der Waals surface area contributed by atoms with Crippen LogP contribution in [0.5, 0.6) is 0 Å². The van der Waals surface area contributed by atoms with Crippen LogP contribution < -0.4 is 10.9 Å². The largest absolute Gasteiger partial charge is 0.379 e. The Hall–Kier alpha value is -2.25. The summed E-state index contributed by atoms with van der Waals surface area (Å²) in [7, 11) is 0. The van der Waals surface area contributed by atoms with Crippen molar-refractivity contribution in [2.45, 2.75) is 32.7 Å². The summed E-state index contributed by atoms with van der Waals surface area (Å²) in [6.07, 6.45) is 2.13. The van der Waals surface area contributed by atoms with Crippen LogP contribution in [0, 0.1) is 5.92 Å². The van der Waals surface area contributed by atoms with Crippen LogP contribution in [0.15, 0.2) is 29.1 Å². The second kappa shape index (κ2) is 9.10. The third kappa shape index (κ3) is 4.36. The molecule has 0 spiro atoms. The molecule has 1 aromatic carbocycles. The summed E-state index contributed by atoms with van der Waals surface area (Å²) in [5.74, 6) is 0.246. The minimum Gasteiger partial charge on any atom is -0.379 e. The molecule has 1 aliphatic heterocycles. The Bertz CT molecular complexity index is 825. The third-order valence-electron chi connectivity index (χ3n) is 5.49. The van der Waals surface area contributed by atoms with Gasteiger partial charge in [-0.15, -0.1) is 0 Å². The van der Waals surface area contributed by atoms with Gasteiger partial charge in [-0.1, -0.05) is 44.9 Å². The number of carbonyl (C=O) groups is 1. The molecule has 1 saturated heterocycles. The van der Waals surface area contributed by atoms with Crippen LogP contribution in [0.3, 0.4) is 0 Å². The van der Waals surface area contributed by atoms with Crippen molar-refractivity contribution in [3.8, 4) is 0 Å². The molecule has 0 saturated carbocycles. The first-order valence-electron chi connectivity index (χ1n) is 9.73. The molecule has 1 amide bonds. The van der Waals surface area contributed by atoms with E-state index in [0.29, 0.717) is 23.2 Å². The fourth-order valence-corrected chi connectivity index (χ4v) is 3.90. The number of ether oxygens (including phenoxy) is 1. The molecular formula is C20H28N4O3. The van der Waals surface area contributed by atoms with Crippen LogP contribution >= 0.6 is 0 Å². The maximum absolute atomic E-state index is 12.8. The normalized spacial score (nSPS) is 16.6. The zero-order valence-electron chi connectivity index (χ0n) is 16.0. The van der Waals surface area contributed by atoms with Gasteiger partial charge in [-0.3, -0.25) is 14.5 Å². The average molecular weight is 372 g/mol. The Morgan fingerprint density at radius 2 is 1.89 bits per heavy atom. The van der Waals surface area contributed by atoms with Crippen LogP contribution in [0.4, 0.5) is 0 Å². The first-order valence-corrected chi connectivity index (χ1v) is 9.73. The first kappa shape index (κ1) is 19.5. The van der Waals surface area contributed by atoms with E-state index in [1.54, 1.807) is 24.3 Å². The first-order chi connectivity index (χ1) is 13.2. The number of fused-ring (bicyclic) bond motifs is 1. The van der Waals surface area contributed by atoms with Gasteiger partial charge < -0.3 is 10.1 Å². The van der Waals surface area contributed by atoms with Gasteiger partial charge in [0.25, 0.3) is 11.5 Å². The monoisotopic (exact) mass is 372 g/mol. The van der Waals surface area contributed by atoms with Crippen molar-refractivity contribution >= 4 is 16.7 Å². The molecular weight excluding hydrogens is 344 g/mol. The molecule has 2 heterocycles. The van der Waals surface area contributed by atoms with Crippen LogP contribution in [0.2, 0.25) is 0 Å². The summed E-state index contributed by atoms with van der Waals surface area (Å²) in [5, 5.41) is 10.5. The average Bonchev–Trinajstić information content (AvgIpc) is 2.72. The van der Waals surface area contributed by atoms with E-state index in [0.717, 1.165) is 39.1 Å². The Balaban J connectivity index is 1.78. The number of nitrogens with zero attached hydrogens (tertiary/aromatic N) is 2. The van der Waals surface area contributed by atoms with E-state index in [4.69, 9.17) is 4.74 Å². The number of H-pyrrole nitrogens is 1. The van der Waals surface area contributed by atoms with E-state index in [1.165, 1.54) is 0 Å². The van der Waals surface area contributed by atoms with Crippen LogP contribution in [-0.2, 0) is 4.74 Å². The van der Waals surface area contributed by atoms with Gasteiger partial charge >= 0.3 is 0 Å². The summed E-state index contributed by atoms with van der Waals surface area (Å²) in [6, 6.07) is 7.31. The van der Waals surface area contributed by atoms with Gasteiger partial charge in [-0.2, -0.15) is 5.10 Å². The summed E-state index contributed by atoms with van der Waals surface area (Å²) in [6.45, 7) is 8.18. The van der Waals surface area contributed by atoms with Crippen molar-refractivity contribution in [1.29, 1.82) is 0 Å². The number of amides is 1. The molecule has 7 nitrogen and oxygen atoms in total. The summed E-state index contributed by atoms with van der Waals surface area (Å²) < 4.78 is 5.48. The maximum atomic E-state index is 12.8. The van der Waals surface area contributed by atoms with Gasteiger partial charge in [0.1, 0.15) is 0 Å². The second-order valence-electron chi connectivity index (χ2n) is 6.95. The Kier molecular flexibility index (Phi) is 6.58. The molecule has 1 aliphatic rings. The Labute approximate surface area is 159 Å². The molecule has 2 N–H and O–H groups in total. The zero-order valence-corrected chi connectivity index (χ0v) is 16.0. The topological polar surface area (TPSA) is 87.3 Å². The number of hydrogen-bond acceptors (Lipinski definition) is 5. The van der Waals surface area contributed by atoms with E-state index < -0.39 is 0 Å². The van der Waals surface area contributed by atoms with Gasteiger partial charge in [0.15, 0.2) is 5.69 Å². The van der Waals surface area contributed by atoms with Crippen molar-refractivity contribution in [3.05, 3.63) is 40.3 Å². The molecule has 1 aromatic heterocycles. The van der Waals surface area contributed by atoms with Gasteiger partial charge in [-0.25, -0.2) is 5.10 Å². The zero-order chi connectivity index (χ0) is 19.2. The molecule has 0 radical (unpaired) electrons. The number of benzene rings is 1. The van der Waals surface area contributed by atoms with Gasteiger partial charge in [-0.05, 0) is 12.0 Å². The number of nitrogens with one attached hydrogen (secondary N) is 2. The van der Waals surface area contributed by atoms with Crippen LogP contribution in [0.1, 0.15) is 37.2 Å². The standard InChI is InChI=1S/C20H28N4O3/c1-3-14(4-2)17(24-9-11-27-12-10-24)13-21-20(26)18-15-7-5-6-8-16(15)19(25)23-22-18/h5-8,14,17H,3-4,9-13H2,1-2H3,(H,21,26)(H,23,25)/t17-/m1/s1. The number of morpholine rings is 1. The number of carbonyl (C=O) groups excluding carboxylic acids is 1. The van der Waals surface area contributed by atoms with Crippen molar-refractivity contribution in [2.75, 3.05) is 32.8 Å². The number of rotatable bonds is 7. The smallest absolute Gasteiger partial charge is 0.272 e. The predicted octanol–water partition coefficient (Wildman–Crippen LogP) is 1.79.